The Kier molecular flexibility index (Phi) is 2.78. The maximum absolute atomic E-state index is 5.23. The zero-order chi connectivity index (χ0) is 3.70. The van der Waals surface area contributed by atoms with Crippen LogP contribution in [-0.4, -0.2) is 6.54 Å². The van der Waals surface area contributed by atoms with E-state index >= 15 is 0 Å². The number of rotatable bonds is 1. The lowest BCUT2D eigenvalue weighted by molar-refractivity contribution is 0.847. The summed E-state index contributed by atoms with van der Waals surface area (Å²) in [6, 6.07) is 0. The van der Waals surface area contributed by atoms with Gasteiger partial charge in [-0.1, -0.05) is 0 Å². The molecule has 38 valence electrons. The Bertz CT molecular complexity index is 34.5. The van der Waals surface area contributed by atoms with E-state index in [1.165, 1.54) is 12.8 Å². The first-order chi connectivity index (χ1) is 2.43. The number of nitrogens with two attached hydrogens (primary N) is 1. The molecule has 0 aromatic carbocycles. The highest BCUT2D eigenvalue weighted by Crippen LogP contribution is 2.26. The highest BCUT2D eigenvalue weighted by molar-refractivity contribution is 8.93. The molecule has 1 saturated carbocycles. The maximum Gasteiger partial charge on any atom is -0.00489 e. The minimum Gasteiger partial charge on any atom is -0.330 e. The predicted molar refractivity (Wildman–Crippen MR) is 32.1 cm³/mol. The molecule has 0 saturated heterocycles. The Morgan fingerprint density at radius 3 is 2.00 bits per heavy atom. The van der Waals surface area contributed by atoms with Crippen molar-refractivity contribution in [2.75, 3.05) is 6.54 Å². The number of hydrogen-bond donors (Lipinski definition) is 1. The van der Waals surface area contributed by atoms with Gasteiger partial charge in [-0.05, 0) is 25.3 Å². The van der Waals surface area contributed by atoms with E-state index in [0.717, 1.165) is 12.5 Å². The summed E-state index contributed by atoms with van der Waals surface area (Å²) in [4.78, 5) is 0. The largest absolute Gasteiger partial charge is 0.330 e. The van der Waals surface area contributed by atoms with Crippen molar-refractivity contribution in [2.45, 2.75) is 12.8 Å². The molecule has 6 heavy (non-hydrogen) atoms. The second-order valence-electron chi connectivity index (χ2n) is 1.68. The number of halogens is 1. The molecular weight excluding hydrogens is 142 g/mol. The first kappa shape index (κ1) is 6.44. The van der Waals surface area contributed by atoms with Crippen molar-refractivity contribution in [3.63, 3.8) is 0 Å². The summed E-state index contributed by atoms with van der Waals surface area (Å²) in [5.41, 5.74) is 5.23. The Labute approximate surface area is 48.7 Å². The van der Waals surface area contributed by atoms with Crippen LogP contribution < -0.4 is 5.73 Å². The second kappa shape index (κ2) is 2.59. The van der Waals surface area contributed by atoms with Crippen molar-refractivity contribution in [1.29, 1.82) is 0 Å². The summed E-state index contributed by atoms with van der Waals surface area (Å²) in [7, 11) is 0. The fourth-order valence-corrected chi connectivity index (χ4v) is 0.354. The van der Waals surface area contributed by atoms with E-state index in [9.17, 15) is 0 Å². The molecule has 0 atom stereocenters. The van der Waals surface area contributed by atoms with Gasteiger partial charge in [0.2, 0.25) is 0 Å². The summed E-state index contributed by atoms with van der Waals surface area (Å²) in [6.07, 6.45) is 2.77. The van der Waals surface area contributed by atoms with Gasteiger partial charge in [-0.2, -0.15) is 0 Å². The van der Waals surface area contributed by atoms with Gasteiger partial charge in [-0.15, -0.1) is 17.0 Å². The fourth-order valence-electron chi connectivity index (χ4n) is 0.354. The van der Waals surface area contributed by atoms with Gasteiger partial charge in [0.1, 0.15) is 0 Å². The highest BCUT2D eigenvalue weighted by Gasteiger charge is 2.17. The lowest BCUT2D eigenvalue weighted by Gasteiger charge is -1.74. The summed E-state index contributed by atoms with van der Waals surface area (Å²) >= 11 is 0. The molecule has 1 fully saturated rings. The molecule has 0 aliphatic heterocycles. The summed E-state index contributed by atoms with van der Waals surface area (Å²) in [5.74, 6) is 0.912. The third-order valence-electron chi connectivity index (χ3n) is 1.03. The summed E-state index contributed by atoms with van der Waals surface area (Å²) in [6.45, 7) is 0.917. The second-order valence-corrected chi connectivity index (χ2v) is 1.68. The van der Waals surface area contributed by atoms with Crippen LogP contribution in [0.3, 0.4) is 0 Å². The molecule has 0 unspecified atom stereocenters. The Morgan fingerprint density at radius 1 is 1.50 bits per heavy atom. The van der Waals surface area contributed by atoms with Gasteiger partial charge in [0.25, 0.3) is 0 Å². The molecule has 1 aliphatic carbocycles. The molecule has 0 amide bonds. The van der Waals surface area contributed by atoms with Gasteiger partial charge < -0.3 is 5.73 Å². The average molecular weight is 152 g/mol. The van der Waals surface area contributed by atoms with Gasteiger partial charge in [-0.25, -0.2) is 0 Å². The monoisotopic (exact) mass is 151 g/mol. The Hall–Kier alpha value is 0.440. The molecule has 1 nitrogen and oxygen atoms in total. The standard InChI is InChI=1S/C4H9N.BrH/c5-3-4-1-2-4;/h4H,1-3,5H2;1H. The van der Waals surface area contributed by atoms with Crippen LogP contribution in [0, 0.1) is 5.92 Å². The molecular formula is C4H10BrN. The maximum atomic E-state index is 5.23. The minimum atomic E-state index is 0. The molecule has 0 bridgehead atoms. The summed E-state index contributed by atoms with van der Waals surface area (Å²) in [5, 5.41) is 0. The normalized spacial score (nSPS) is 19.5. The van der Waals surface area contributed by atoms with Gasteiger partial charge >= 0.3 is 0 Å². The fraction of sp³-hybridized carbons (Fsp3) is 1.00. The van der Waals surface area contributed by atoms with E-state index in [1.807, 2.05) is 0 Å². The van der Waals surface area contributed by atoms with Crippen molar-refractivity contribution in [2.24, 2.45) is 11.7 Å². The molecule has 0 heterocycles. The first-order valence-corrected chi connectivity index (χ1v) is 2.13. The van der Waals surface area contributed by atoms with E-state index in [2.05, 4.69) is 0 Å². The lowest BCUT2D eigenvalue weighted by atomic mass is 10.5. The third-order valence-corrected chi connectivity index (χ3v) is 1.03. The van der Waals surface area contributed by atoms with Crippen LogP contribution in [0.1, 0.15) is 12.8 Å². The molecule has 2 heteroatoms. The van der Waals surface area contributed by atoms with Gasteiger partial charge in [0, 0.05) is 0 Å². The van der Waals surface area contributed by atoms with E-state index < -0.39 is 0 Å². The van der Waals surface area contributed by atoms with E-state index in [-0.39, 0.29) is 17.0 Å². The van der Waals surface area contributed by atoms with E-state index in [1.54, 1.807) is 0 Å². The zero-order valence-electron chi connectivity index (χ0n) is 3.68. The smallest absolute Gasteiger partial charge is 0.00489 e. The Balaban J connectivity index is 0.000000250. The molecule has 2 N–H and O–H groups in total. The van der Waals surface area contributed by atoms with E-state index in [4.69, 9.17) is 5.73 Å². The molecule has 0 radical (unpaired) electrons. The molecule has 0 aromatic heterocycles. The average Bonchev–Trinajstić information content (AvgIpc) is 2.12. The van der Waals surface area contributed by atoms with Crippen molar-refractivity contribution < 1.29 is 0 Å². The predicted octanol–water partition coefficient (Wildman–Crippen LogP) is 0.933. The van der Waals surface area contributed by atoms with Crippen LogP contribution in [0.5, 0.6) is 0 Å². The SMILES string of the molecule is Br.NCC1CC1. The zero-order valence-corrected chi connectivity index (χ0v) is 5.40. The first-order valence-electron chi connectivity index (χ1n) is 2.13. The highest BCUT2D eigenvalue weighted by atomic mass is 79.9. The molecule has 1 rings (SSSR count). The topological polar surface area (TPSA) is 26.0 Å². The quantitative estimate of drug-likeness (QED) is 0.594. The Morgan fingerprint density at radius 2 is 2.00 bits per heavy atom. The van der Waals surface area contributed by atoms with Crippen LogP contribution in [0.2, 0.25) is 0 Å². The lowest BCUT2D eigenvalue weighted by Crippen LogP contribution is -1.98. The molecule has 0 aromatic rings. The number of hydrogen-bond acceptors (Lipinski definition) is 1. The summed E-state index contributed by atoms with van der Waals surface area (Å²) < 4.78 is 0. The van der Waals surface area contributed by atoms with Crippen LogP contribution in [0.25, 0.3) is 0 Å². The molecule has 1 aliphatic rings. The van der Waals surface area contributed by atoms with Crippen molar-refractivity contribution >= 4 is 17.0 Å². The van der Waals surface area contributed by atoms with Crippen molar-refractivity contribution in [3.05, 3.63) is 0 Å². The van der Waals surface area contributed by atoms with Gasteiger partial charge in [-0.3, -0.25) is 0 Å². The van der Waals surface area contributed by atoms with Crippen molar-refractivity contribution in [1.82, 2.24) is 0 Å². The van der Waals surface area contributed by atoms with Gasteiger partial charge in [0.15, 0.2) is 0 Å². The van der Waals surface area contributed by atoms with Crippen LogP contribution >= 0.6 is 17.0 Å². The minimum absolute atomic E-state index is 0. The van der Waals surface area contributed by atoms with Crippen LogP contribution in [0.15, 0.2) is 0 Å². The van der Waals surface area contributed by atoms with Crippen LogP contribution in [-0.2, 0) is 0 Å². The van der Waals surface area contributed by atoms with E-state index in [0.29, 0.717) is 0 Å². The van der Waals surface area contributed by atoms with Crippen molar-refractivity contribution in [3.8, 4) is 0 Å². The third kappa shape index (κ3) is 1.78. The van der Waals surface area contributed by atoms with Gasteiger partial charge in [0.05, 0.1) is 0 Å². The molecule has 0 spiro atoms. The van der Waals surface area contributed by atoms with Crippen LogP contribution in [0.4, 0.5) is 0 Å².